The monoisotopic (exact) mass is 353 g/mol. The lowest BCUT2D eigenvalue weighted by Crippen LogP contribution is -2.36. The summed E-state index contributed by atoms with van der Waals surface area (Å²) in [6.07, 6.45) is 1.42. The molecule has 0 saturated carbocycles. The van der Waals surface area contributed by atoms with E-state index in [0.717, 1.165) is 10.0 Å². The van der Waals surface area contributed by atoms with E-state index in [1.54, 1.807) is 13.2 Å². The maximum Gasteiger partial charge on any atom is 0.258 e. The Bertz CT molecular complexity index is 618. The molecule has 2 N–H and O–H groups in total. The van der Waals surface area contributed by atoms with Gasteiger partial charge < -0.3 is 19.7 Å². The van der Waals surface area contributed by atoms with Gasteiger partial charge in [-0.05, 0) is 18.2 Å². The van der Waals surface area contributed by atoms with Crippen LogP contribution in [0.5, 0.6) is 0 Å². The molecular weight excluding hydrogens is 338 g/mol. The minimum atomic E-state index is -0.530. The van der Waals surface area contributed by atoms with Crippen LogP contribution in [-0.4, -0.2) is 30.5 Å². The van der Waals surface area contributed by atoms with E-state index in [1.165, 1.54) is 0 Å². The maximum atomic E-state index is 5.84. The number of nitrogens with two attached hydrogens (primary N) is 1. The number of rotatable bonds is 3. The van der Waals surface area contributed by atoms with Gasteiger partial charge in [0.05, 0.1) is 0 Å². The molecule has 0 bridgehead atoms. The molecule has 6 nitrogen and oxygen atoms in total. The second-order valence-corrected chi connectivity index (χ2v) is 5.92. The first kappa shape index (κ1) is 14.5. The van der Waals surface area contributed by atoms with E-state index in [0.29, 0.717) is 43.5 Å². The van der Waals surface area contributed by atoms with Crippen molar-refractivity contribution in [2.45, 2.75) is 18.4 Å². The molecule has 1 fully saturated rings. The Morgan fingerprint density at radius 2 is 2.05 bits per heavy atom. The summed E-state index contributed by atoms with van der Waals surface area (Å²) in [4.78, 5) is 4.49. The van der Waals surface area contributed by atoms with Crippen LogP contribution in [0.4, 0.5) is 5.69 Å². The molecule has 0 aliphatic carbocycles. The van der Waals surface area contributed by atoms with Gasteiger partial charge in [0, 0.05) is 48.9 Å². The third-order valence-corrected chi connectivity index (χ3v) is 4.15. The van der Waals surface area contributed by atoms with Gasteiger partial charge in [0.2, 0.25) is 5.82 Å². The molecule has 1 aliphatic heterocycles. The van der Waals surface area contributed by atoms with Gasteiger partial charge in [0.1, 0.15) is 5.60 Å². The standard InChI is InChI=1S/C14H16BrN3O3/c1-19-14(2-4-20-5-3-14)13-17-12(21-18-13)9-6-10(15)8-11(16)7-9/h6-8H,2-5,16H2,1H3. The Morgan fingerprint density at radius 1 is 1.29 bits per heavy atom. The first-order valence-corrected chi connectivity index (χ1v) is 7.46. The summed E-state index contributed by atoms with van der Waals surface area (Å²) in [6.45, 7) is 1.25. The maximum absolute atomic E-state index is 5.84. The first-order valence-electron chi connectivity index (χ1n) is 6.66. The minimum Gasteiger partial charge on any atom is -0.399 e. The fourth-order valence-electron chi connectivity index (χ4n) is 2.48. The van der Waals surface area contributed by atoms with Gasteiger partial charge in [-0.25, -0.2) is 0 Å². The highest BCUT2D eigenvalue weighted by Crippen LogP contribution is 2.35. The average Bonchev–Trinajstić information content (AvgIpc) is 2.97. The van der Waals surface area contributed by atoms with E-state index >= 15 is 0 Å². The van der Waals surface area contributed by atoms with Crippen molar-refractivity contribution in [1.82, 2.24) is 10.1 Å². The fourth-order valence-corrected chi connectivity index (χ4v) is 2.99. The minimum absolute atomic E-state index is 0.431. The van der Waals surface area contributed by atoms with E-state index in [4.69, 9.17) is 19.7 Å². The Kier molecular flexibility index (Phi) is 3.97. The summed E-state index contributed by atoms with van der Waals surface area (Å²) >= 11 is 3.41. The van der Waals surface area contributed by atoms with Crippen LogP contribution in [-0.2, 0) is 15.1 Å². The number of methoxy groups -OCH3 is 1. The number of nitrogen functional groups attached to an aromatic ring is 1. The molecule has 0 amide bonds. The van der Waals surface area contributed by atoms with Crippen molar-refractivity contribution in [2.24, 2.45) is 0 Å². The quantitative estimate of drug-likeness (QED) is 0.854. The largest absolute Gasteiger partial charge is 0.399 e. The van der Waals surface area contributed by atoms with Gasteiger partial charge in [-0.2, -0.15) is 4.98 Å². The number of anilines is 1. The van der Waals surface area contributed by atoms with E-state index in [-0.39, 0.29) is 0 Å². The van der Waals surface area contributed by atoms with Crippen molar-refractivity contribution in [1.29, 1.82) is 0 Å². The zero-order valence-corrected chi connectivity index (χ0v) is 13.2. The number of halogens is 1. The average molecular weight is 354 g/mol. The molecule has 1 aliphatic rings. The summed E-state index contributed by atoms with van der Waals surface area (Å²) in [7, 11) is 1.67. The van der Waals surface area contributed by atoms with Gasteiger partial charge in [-0.15, -0.1) is 0 Å². The molecule has 0 unspecified atom stereocenters. The highest BCUT2D eigenvalue weighted by molar-refractivity contribution is 9.10. The van der Waals surface area contributed by atoms with Crippen LogP contribution in [0.15, 0.2) is 27.2 Å². The lowest BCUT2D eigenvalue weighted by Gasteiger charge is -2.32. The van der Waals surface area contributed by atoms with E-state index < -0.39 is 5.60 Å². The fraction of sp³-hybridized carbons (Fsp3) is 0.429. The topological polar surface area (TPSA) is 83.4 Å². The van der Waals surface area contributed by atoms with Gasteiger partial charge in [0.15, 0.2) is 0 Å². The summed E-state index contributed by atoms with van der Waals surface area (Å²) in [5.41, 5.74) is 6.72. The van der Waals surface area contributed by atoms with Crippen LogP contribution in [0.2, 0.25) is 0 Å². The van der Waals surface area contributed by atoms with Gasteiger partial charge >= 0.3 is 0 Å². The normalized spacial score (nSPS) is 17.8. The molecular formula is C14H16BrN3O3. The van der Waals surface area contributed by atoms with Crippen LogP contribution >= 0.6 is 15.9 Å². The molecule has 7 heteroatoms. The molecule has 21 heavy (non-hydrogen) atoms. The first-order chi connectivity index (χ1) is 10.1. The number of ether oxygens (including phenoxy) is 2. The van der Waals surface area contributed by atoms with Crippen molar-refractivity contribution in [2.75, 3.05) is 26.1 Å². The predicted molar refractivity (Wildman–Crippen MR) is 80.6 cm³/mol. The third-order valence-electron chi connectivity index (χ3n) is 3.69. The molecule has 112 valence electrons. The molecule has 1 aromatic carbocycles. The Labute approximate surface area is 130 Å². The number of nitrogens with zero attached hydrogens (tertiary/aromatic N) is 2. The molecule has 0 radical (unpaired) electrons. The van der Waals surface area contributed by atoms with Crippen LogP contribution in [0, 0.1) is 0 Å². The summed E-state index contributed by atoms with van der Waals surface area (Å²) in [5.74, 6) is 0.989. The summed E-state index contributed by atoms with van der Waals surface area (Å²) < 4.78 is 17.3. The van der Waals surface area contributed by atoms with Crippen molar-refractivity contribution in [3.8, 4) is 11.5 Å². The van der Waals surface area contributed by atoms with Crippen molar-refractivity contribution in [3.63, 3.8) is 0 Å². The van der Waals surface area contributed by atoms with Crippen LogP contribution in [0.1, 0.15) is 18.7 Å². The lowest BCUT2D eigenvalue weighted by molar-refractivity contribution is -0.101. The number of benzene rings is 1. The SMILES string of the molecule is COC1(c2noc(-c3cc(N)cc(Br)c3)n2)CCOCC1. The summed E-state index contributed by atoms with van der Waals surface area (Å²) in [6, 6.07) is 5.50. The molecule has 2 aromatic rings. The molecule has 2 heterocycles. The molecule has 1 aromatic heterocycles. The van der Waals surface area contributed by atoms with E-state index in [2.05, 4.69) is 26.1 Å². The van der Waals surface area contributed by atoms with Gasteiger partial charge in [-0.3, -0.25) is 0 Å². The van der Waals surface area contributed by atoms with Gasteiger partial charge in [0.25, 0.3) is 5.89 Å². The molecule has 3 rings (SSSR count). The number of aromatic nitrogens is 2. The van der Waals surface area contributed by atoms with Crippen molar-refractivity contribution < 1.29 is 14.0 Å². The Balaban J connectivity index is 1.95. The lowest BCUT2D eigenvalue weighted by atomic mass is 9.93. The molecule has 0 spiro atoms. The Morgan fingerprint density at radius 3 is 2.71 bits per heavy atom. The van der Waals surface area contributed by atoms with E-state index in [1.807, 2.05) is 12.1 Å². The van der Waals surface area contributed by atoms with Crippen LogP contribution in [0.25, 0.3) is 11.5 Å². The predicted octanol–water partition coefficient (Wildman–Crippen LogP) is 2.73. The molecule has 0 atom stereocenters. The Hall–Kier alpha value is -1.44. The third kappa shape index (κ3) is 2.81. The van der Waals surface area contributed by atoms with Crippen molar-refractivity contribution in [3.05, 3.63) is 28.5 Å². The van der Waals surface area contributed by atoms with Crippen LogP contribution in [0.3, 0.4) is 0 Å². The highest BCUT2D eigenvalue weighted by Gasteiger charge is 2.39. The van der Waals surface area contributed by atoms with Crippen LogP contribution < -0.4 is 5.73 Å². The number of hydrogen-bond donors (Lipinski definition) is 1. The zero-order chi connectivity index (χ0) is 14.9. The number of hydrogen-bond acceptors (Lipinski definition) is 6. The second kappa shape index (κ2) is 5.75. The molecule has 1 saturated heterocycles. The van der Waals surface area contributed by atoms with Crippen molar-refractivity contribution >= 4 is 21.6 Å². The highest BCUT2D eigenvalue weighted by atomic mass is 79.9. The second-order valence-electron chi connectivity index (χ2n) is 5.01. The smallest absolute Gasteiger partial charge is 0.258 e. The zero-order valence-electron chi connectivity index (χ0n) is 11.6. The van der Waals surface area contributed by atoms with Gasteiger partial charge in [-0.1, -0.05) is 21.1 Å². The van der Waals surface area contributed by atoms with E-state index in [9.17, 15) is 0 Å². The summed E-state index contributed by atoms with van der Waals surface area (Å²) in [5, 5.41) is 4.10.